The molecule has 3 aromatic carbocycles. The van der Waals surface area contributed by atoms with Crippen LogP contribution in [0.5, 0.6) is 0 Å². The molecule has 2 spiro atoms. The Morgan fingerprint density at radius 2 is 1.30 bits per heavy atom. The minimum atomic E-state index is -1.09. The third-order valence-electron chi connectivity index (χ3n) is 8.49. The molecule has 4 atom stereocenters. The van der Waals surface area contributed by atoms with Crippen LogP contribution in [0.25, 0.3) is 0 Å². The molecule has 0 saturated carbocycles. The highest BCUT2D eigenvalue weighted by molar-refractivity contribution is 6.19. The minimum Gasteiger partial charge on any atom is -0.276 e. The zero-order chi connectivity index (χ0) is 22.4. The third kappa shape index (κ3) is 1.94. The first-order chi connectivity index (χ1) is 16.0. The lowest BCUT2D eigenvalue weighted by Gasteiger charge is -2.54. The molecule has 0 radical (unpaired) electrons. The predicted octanol–water partition coefficient (Wildman–Crippen LogP) is 4.93. The Kier molecular flexibility index (Phi) is 3.41. The van der Waals surface area contributed by atoms with E-state index in [1.54, 1.807) is 0 Å². The summed E-state index contributed by atoms with van der Waals surface area (Å²) >= 11 is 0. The van der Waals surface area contributed by atoms with Gasteiger partial charge in [-0.05, 0) is 27.8 Å². The van der Waals surface area contributed by atoms with Crippen molar-refractivity contribution in [3.05, 3.63) is 131 Å². The van der Waals surface area contributed by atoms with Gasteiger partial charge in [-0.15, -0.1) is 0 Å². The topological polar surface area (TPSA) is 37.4 Å². The highest BCUT2D eigenvalue weighted by atomic mass is 16.2. The van der Waals surface area contributed by atoms with E-state index in [4.69, 9.17) is 0 Å². The molecule has 3 aliphatic carbocycles. The van der Waals surface area contributed by atoms with Crippen molar-refractivity contribution in [2.24, 2.45) is 0 Å². The van der Waals surface area contributed by atoms with Crippen LogP contribution in [0.15, 0.2) is 103 Å². The summed E-state index contributed by atoms with van der Waals surface area (Å²) in [5.41, 5.74) is 2.70. The van der Waals surface area contributed by atoms with Crippen molar-refractivity contribution < 1.29 is 9.59 Å². The fourth-order valence-corrected chi connectivity index (χ4v) is 6.96. The number of benzene rings is 3. The first-order valence-corrected chi connectivity index (χ1v) is 11.5. The van der Waals surface area contributed by atoms with E-state index in [2.05, 4.69) is 55.5 Å². The van der Waals surface area contributed by atoms with Crippen LogP contribution in [0.2, 0.25) is 0 Å². The van der Waals surface area contributed by atoms with Crippen molar-refractivity contribution in [2.75, 3.05) is 0 Å². The number of imide groups is 1. The van der Waals surface area contributed by atoms with Crippen LogP contribution in [0.3, 0.4) is 0 Å². The molecule has 4 unspecified atom stereocenters. The number of allylic oxidation sites excluding steroid dienone is 2. The molecule has 3 heteroatoms. The molecule has 1 saturated heterocycles. The van der Waals surface area contributed by atoms with Crippen LogP contribution in [-0.2, 0) is 32.4 Å². The van der Waals surface area contributed by atoms with E-state index in [9.17, 15) is 9.59 Å². The van der Waals surface area contributed by atoms with E-state index in [0.29, 0.717) is 0 Å². The molecule has 33 heavy (non-hydrogen) atoms. The second kappa shape index (κ2) is 5.99. The molecule has 160 valence electrons. The molecule has 3 aromatic rings. The Bertz CT molecular complexity index is 1420. The quantitative estimate of drug-likeness (QED) is 0.428. The van der Waals surface area contributed by atoms with Gasteiger partial charge in [-0.1, -0.05) is 110 Å². The van der Waals surface area contributed by atoms with Crippen molar-refractivity contribution in [2.45, 2.75) is 35.6 Å². The Balaban J connectivity index is 1.59. The van der Waals surface area contributed by atoms with Crippen molar-refractivity contribution in [1.82, 2.24) is 4.90 Å². The average Bonchev–Trinajstić information content (AvgIpc) is 3.00. The first kappa shape index (κ1) is 18.8. The van der Waals surface area contributed by atoms with Gasteiger partial charge in [0.15, 0.2) is 0 Å². The summed E-state index contributed by atoms with van der Waals surface area (Å²) in [4.78, 5) is 30.4. The predicted molar refractivity (Wildman–Crippen MR) is 127 cm³/mol. The second-order valence-corrected chi connectivity index (χ2v) is 9.88. The minimum absolute atomic E-state index is 0.0982. The Morgan fingerprint density at radius 3 is 2.06 bits per heavy atom. The van der Waals surface area contributed by atoms with Crippen LogP contribution in [-0.4, -0.2) is 16.7 Å². The number of fused-ring (bicyclic) bond motifs is 1. The van der Waals surface area contributed by atoms with Gasteiger partial charge in [0.25, 0.3) is 0 Å². The van der Waals surface area contributed by atoms with Gasteiger partial charge in [-0.25, -0.2) is 0 Å². The van der Waals surface area contributed by atoms with Gasteiger partial charge < -0.3 is 0 Å². The Labute approximate surface area is 193 Å². The summed E-state index contributed by atoms with van der Waals surface area (Å²) in [6.07, 6.45) is 8.51. The number of carbonyl (C=O) groups is 2. The SMILES string of the molecule is CC12C=CC3(C(=O)N(Cc4ccccc4)C(=O)C34C=CC1c1ccccc14)c1ccccc12. The van der Waals surface area contributed by atoms with E-state index in [-0.39, 0.29) is 29.7 Å². The van der Waals surface area contributed by atoms with Crippen LogP contribution < -0.4 is 0 Å². The maximum Gasteiger partial charge on any atom is 0.245 e. The van der Waals surface area contributed by atoms with Crippen molar-refractivity contribution in [1.29, 1.82) is 0 Å². The molecule has 4 aliphatic rings. The molecule has 1 heterocycles. The number of nitrogens with zero attached hydrogens (tertiary/aromatic N) is 1. The number of amides is 2. The van der Waals surface area contributed by atoms with Gasteiger partial charge in [0, 0.05) is 11.3 Å². The molecule has 7 rings (SSSR count). The monoisotopic (exact) mass is 429 g/mol. The van der Waals surface area contributed by atoms with Gasteiger partial charge >= 0.3 is 0 Å². The molecule has 2 amide bonds. The fourth-order valence-electron chi connectivity index (χ4n) is 6.96. The lowest BCUT2D eigenvalue weighted by molar-refractivity contribution is -0.140. The number of likely N-dealkylation sites (tertiary alicyclic amines) is 1. The zero-order valence-electron chi connectivity index (χ0n) is 18.4. The van der Waals surface area contributed by atoms with Crippen molar-refractivity contribution >= 4 is 11.8 Å². The highest BCUT2D eigenvalue weighted by Gasteiger charge is 2.73. The number of hydrogen-bond acceptors (Lipinski definition) is 2. The molecule has 4 bridgehead atoms. The average molecular weight is 430 g/mol. The van der Waals surface area contributed by atoms with Crippen LogP contribution in [0.1, 0.15) is 40.7 Å². The molecule has 3 nitrogen and oxygen atoms in total. The zero-order valence-corrected chi connectivity index (χ0v) is 18.4. The third-order valence-corrected chi connectivity index (χ3v) is 8.49. The fraction of sp³-hybridized carbons (Fsp3) is 0.200. The van der Waals surface area contributed by atoms with Gasteiger partial charge in [-0.3, -0.25) is 14.5 Å². The van der Waals surface area contributed by atoms with Crippen LogP contribution in [0.4, 0.5) is 0 Å². The normalized spacial score (nSPS) is 32.4. The van der Waals surface area contributed by atoms with Crippen molar-refractivity contribution in [3.8, 4) is 0 Å². The maximum atomic E-state index is 14.5. The molecule has 1 aliphatic heterocycles. The summed E-state index contributed by atoms with van der Waals surface area (Å²) in [7, 11) is 0. The lowest BCUT2D eigenvalue weighted by Crippen LogP contribution is -2.57. The highest BCUT2D eigenvalue weighted by Crippen LogP contribution is 2.65. The van der Waals surface area contributed by atoms with E-state index in [1.807, 2.05) is 54.6 Å². The largest absolute Gasteiger partial charge is 0.276 e. The smallest absolute Gasteiger partial charge is 0.245 e. The standard InChI is InChI=1S/C30H23NO2/c1-28-17-18-30(25-14-8-7-13-24(25)28)27(33)31(19-20-9-3-2-4-10-20)26(32)29(30)16-15-22(28)21-11-5-6-12-23(21)29/h2-18,22H,19H2,1H3. The number of rotatable bonds is 2. The maximum absolute atomic E-state index is 14.5. The molecule has 0 N–H and O–H groups in total. The van der Waals surface area contributed by atoms with Crippen LogP contribution in [0, 0.1) is 0 Å². The summed E-state index contributed by atoms with van der Waals surface area (Å²) in [5, 5.41) is 0. The number of hydrogen-bond donors (Lipinski definition) is 0. The van der Waals surface area contributed by atoms with E-state index in [1.165, 1.54) is 4.90 Å². The Hall–Kier alpha value is -3.72. The van der Waals surface area contributed by atoms with Gasteiger partial charge in [0.1, 0.15) is 10.8 Å². The van der Waals surface area contributed by atoms with Gasteiger partial charge in [-0.2, -0.15) is 0 Å². The van der Waals surface area contributed by atoms with E-state index < -0.39 is 10.8 Å². The summed E-state index contributed by atoms with van der Waals surface area (Å²) in [5.74, 6) is -0.175. The number of carbonyl (C=O) groups excluding carboxylic acids is 2. The Morgan fingerprint density at radius 1 is 0.697 bits per heavy atom. The first-order valence-electron chi connectivity index (χ1n) is 11.5. The lowest BCUT2D eigenvalue weighted by atomic mass is 9.45. The molecule has 1 fully saturated rings. The molecular formula is C30H23NO2. The van der Waals surface area contributed by atoms with E-state index >= 15 is 0 Å². The summed E-state index contributed by atoms with van der Waals surface area (Å²) in [6.45, 7) is 2.52. The summed E-state index contributed by atoms with van der Waals surface area (Å²) in [6, 6.07) is 26.3. The summed E-state index contributed by atoms with van der Waals surface area (Å²) < 4.78 is 0. The van der Waals surface area contributed by atoms with Gasteiger partial charge in [0.05, 0.1) is 6.54 Å². The second-order valence-electron chi connectivity index (χ2n) is 9.88. The van der Waals surface area contributed by atoms with Crippen molar-refractivity contribution in [3.63, 3.8) is 0 Å². The molecule has 0 aromatic heterocycles. The van der Waals surface area contributed by atoms with Crippen LogP contribution >= 0.6 is 0 Å². The molecular weight excluding hydrogens is 406 g/mol. The van der Waals surface area contributed by atoms with E-state index in [0.717, 1.165) is 27.8 Å². The van der Waals surface area contributed by atoms with Gasteiger partial charge in [0.2, 0.25) is 11.8 Å².